The molecule has 3 aromatic rings. The Hall–Kier alpha value is -1.68. The lowest BCUT2D eigenvalue weighted by molar-refractivity contribution is 0.579. The van der Waals surface area contributed by atoms with Crippen LogP contribution in [0.3, 0.4) is 0 Å². The number of nitrogens with zero attached hydrogens (tertiary/aromatic N) is 1. The lowest BCUT2D eigenvalue weighted by Crippen LogP contribution is -1.95. The highest BCUT2D eigenvalue weighted by molar-refractivity contribution is 7.16. The molecule has 4 heteroatoms. The Morgan fingerprint density at radius 3 is 3.06 bits per heavy atom. The van der Waals surface area contributed by atoms with E-state index in [1.165, 1.54) is 10.4 Å². The first-order valence-corrected chi connectivity index (χ1v) is 6.10. The molecule has 0 aliphatic carbocycles. The molecule has 0 amide bonds. The number of rotatable bonds is 2. The van der Waals surface area contributed by atoms with Crippen LogP contribution in [0, 0.1) is 0 Å². The molecule has 0 atom stereocenters. The second-order valence-corrected chi connectivity index (χ2v) is 4.57. The lowest BCUT2D eigenvalue weighted by atomic mass is 10.2. The highest BCUT2D eigenvalue weighted by atomic mass is 32.1. The Bertz CT molecular complexity index is 619. The summed E-state index contributed by atoms with van der Waals surface area (Å²) in [4.78, 5) is 1.17. The van der Waals surface area contributed by atoms with Gasteiger partial charge in [-0.05, 0) is 30.2 Å². The van der Waals surface area contributed by atoms with Crippen LogP contribution >= 0.6 is 11.3 Å². The first-order chi connectivity index (χ1) is 7.81. The standard InChI is InChI=1S/C12H12N2OS/c1-2-8-6-11-14(12(8)13)9(7-16-11)10-4-3-5-15-10/h3-7H,2,13H2,1H3. The zero-order valence-corrected chi connectivity index (χ0v) is 9.75. The van der Waals surface area contributed by atoms with Gasteiger partial charge in [0, 0.05) is 5.38 Å². The van der Waals surface area contributed by atoms with Crippen molar-refractivity contribution in [1.82, 2.24) is 4.40 Å². The Morgan fingerprint density at radius 1 is 1.50 bits per heavy atom. The minimum absolute atomic E-state index is 0.824. The number of aromatic nitrogens is 1. The average molecular weight is 232 g/mol. The molecular weight excluding hydrogens is 220 g/mol. The zero-order chi connectivity index (χ0) is 11.1. The van der Waals surface area contributed by atoms with E-state index in [2.05, 4.69) is 22.8 Å². The summed E-state index contributed by atoms with van der Waals surface area (Å²) in [5.74, 6) is 1.68. The Balaban J connectivity index is 2.30. The van der Waals surface area contributed by atoms with E-state index in [4.69, 9.17) is 10.2 Å². The van der Waals surface area contributed by atoms with Crippen LogP contribution in [-0.4, -0.2) is 4.40 Å². The van der Waals surface area contributed by atoms with Gasteiger partial charge in [-0.2, -0.15) is 0 Å². The number of furan rings is 1. The maximum absolute atomic E-state index is 6.13. The highest BCUT2D eigenvalue weighted by Crippen LogP contribution is 2.32. The number of fused-ring (bicyclic) bond motifs is 1. The third-order valence-corrected chi connectivity index (χ3v) is 3.66. The van der Waals surface area contributed by atoms with Crippen molar-refractivity contribution in [2.45, 2.75) is 13.3 Å². The Morgan fingerprint density at radius 2 is 2.38 bits per heavy atom. The first kappa shape index (κ1) is 9.54. The van der Waals surface area contributed by atoms with Gasteiger partial charge in [-0.1, -0.05) is 6.92 Å². The molecule has 0 radical (unpaired) electrons. The van der Waals surface area contributed by atoms with E-state index < -0.39 is 0 Å². The van der Waals surface area contributed by atoms with Crippen molar-refractivity contribution in [3.05, 3.63) is 35.4 Å². The third-order valence-electron chi connectivity index (χ3n) is 2.77. The van der Waals surface area contributed by atoms with E-state index in [1.54, 1.807) is 17.6 Å². The molecular formula is C12H12N2OS. The molecule has 0 spiro atoms. The SMILES string of the molecule is CCc1cc2scc(-c3ccco3)n2c1N. The first-order valence-electron chi connectivity index (χ1n) is 5.22. The molecule has 82 valence electrons. The predicted octanol–water partition coefficient (Wildman–Crippen LogP) is 3.41. The van der Waals surface area contributed by atoms with Crippen LogP contribution < -0.4 is 5.73 Å². The predicted molar refractivity (Wildman–Crippen MR) is 66.8 cm³/mol. The van der Waals surface area contributed by atoms with Gasteiger partial charge in [0.05, 0.1) is 6.26 Å². The van der Waals surface area contributed by atoms with Crippen LogP contribution in [-0.2, 0) is 6.42 Å². The van der Waals surface area contributed by atoms with E-state index in [9.17, 15) is 0 Å². The zero-order valence-electron chi connectivity index (χ0n) is 8.93. The summed E-state index contributed by atoms with van der Waals surface area (Å²) in [5.41, 5.74) is 8.35. The lowest BCUT2D eigenvalue weighted by Gasteiger charge is -1.99. The topological polar surface area (TPSA) is 43.6 Å². The van der Waals surface area contributed by atoms with Gasteiger partial charge in [0.2, 0.25) is 0 Å². The van der Waals surface area contributed by atoms with Gasteiger partial charge in [-0.25, -0.2) is 0 Å². The molecule has 0 saturated carbocycles. The number of nitrogens with two attached hydrogens (primary N) is 1. The van der Waals surface area contributed by atoms with Gasteiger partial charge in [0.15, 0.2) is 5.76 Å². The summed E-state index contributed by atoms with van der Waals surface area (Å²) in [5, 5.41) is 2.07. The summed E-state index contributed by atoms with van der Waals surface area (Å²) < 4.78 is 7.47. The van der Waals surface area contributed by atoms with E-state index in [0.717, 1.165) is 23.7 Å². The van der Waals surface area contributed by atoms with Gasteiger partial charge in [-0.15, -0.1) is 11.3 Å². The molecule has 0 aliphatic rings. The molecule has 0 bridgehead atoms. The van der Waals surface area contributed by atoms with Crippen molar-refractivity contribution in [3.63, 3.8) is 0 Å². The number of nitrogen functional groups attached to an aromatic ring is 1. The fraction of sp³-hybridized carbons (Fsp3) is 0.167. The van der Waals surface area contributed by atoms with Gasteiger partial charge >= 0.3 is 0 Å². The highest BCUT2D eigenvalue weighted by Gasteiger charge is 2.13. The van der Waals surface area contributed by atoms with Crippen molar-refractivity contribution in [2.75, 3.05) is 5.73 Å². The maximum atomic E-state index is 6.13. The number of hydrogen-bond donors (Lipinski definition) is 1. The van der Waals surface area contributed by atoms with Crippen LogP contribution in [0.4, 0.5) is 5.82 Å². The third kappa shape index (κ3) is 1.20. The summed E-state index contributed by atoms with van der Waals surface area (Å²) in [6, 6.07) is 5.98. The molecule has 0 fully saturated rings. The summed E-state index contributed by atoms with van der Waals surface area (Å²) >= 11 is 1.69. The van der Waals surface area contributed by atoms with Crippen molar-refractivity contribution in [2.24, 2.45) is 0 Å². The molecule has 3 heterocycles. The molecule has 2 N–H and O–H groups in total. The number of anilines is 1. The van der Waals surface area contributed by atoms with Crippen molar-refractivity contribution < 1.29 is 4.42 Å². The molecule has 3 aromatic heterocycles. The van der Waals surface area contributed by atoms with Gasteiger partial charge in [0.25, 0.3) is 0 Å². The van der Waals surface area contributed by atoms with Crippen LogP contribution in [0.1, 0.15) is 12.5 Å². The molecule has 0 unspecified atom stereocenters. The molecule has 3 rings (SSSR count). The van der Waals surface area contributed by atoms with E-state index in [-0.39, 0.29) is 0 Å². The largest absolute Gasteiger partial charge is 0.463 e. The average Bonchev–Trinajstić information content (AvgIpc) is 2.96. The van der Waals surface area contributed by atoms with Gasteiger partial charge in [0.1, 0.15) is 16.3 Å². The maximum Gasteiger partial charge on any atom is 0.151 e. The normalized spacial score (nSPS) is 11.3. The second-order valence-electron chi connectivity index (χ2n) is 3.68. The molecule has 3 nitrogen and oxygen atoms in total. The Labute approximate surface area is 97.1 Å². The second kappa shape index (κ2) is 3.42. The van der Waals surface area contributed by atoms with Crippen LogP contribution in [0.2, 0.25) is 0 Å². The van der Waals surface area contributed by atoms with Crippen LogP contribution in [0.5, 0.6) is 0 Å². The van der Waals surface area contributed by atoms with E-state index in [1.807, 2.05) is 12.1 Å². The van der Waals surface area contributed by atoms with Crippen molar-refractivity contribution in [1.29, 1.82) is 0 Å². The fourth-order valence-corrected chi connectivity index (χ4v) is 2.90. The monoisotopic (exact) mass is 232 g/mol. The van der Waals surface area contributed by atoms with Crippen LogP contribution in [0.25, 0.3) is 16.3 Å². The summed E-state index contributed by atoms with van der Waals surface area (Å²) in [6.45, 7) is 2.11. The molecule has 16 heavy (non-hydrogen) atoms. The molecule has 0 aliphatic heterocycles. The van der Waals surface area contributed by atoms with Crippen molar-refractivity contribution >= 4 is 22.0 Å². The fourth-order valence-electron chi connectivity index (χ4n) is 1.93. The van der Waals surface area contributed by atoms with Gasteiger partial charge in [-0.3, -0.25) is 4.40 Å². The minimum atomic E-state index is 0.824. The summed E-state index contributed by atoms with van der Waals surface area (Å²) in [6.07, 6.45) is 2.64. The number of thiazole rings is 1. The molecule has 0 aromatic carbocycles. The Kier molecular flexibility index (Phi) is 2.04. The smallest absolute Gasteiger partial charge is 0.151 e. The minimum Gasteiger partial charge on any atom is -0.463 e. The summed E-state index contributed by atoms with van der Waals surface area (Å²) in [7, 11) is 0. The number of aryl methyl sites for hydroxylation is 1. The van der Waals surface area contributed by atoms with Crippen molar-refractivity contribution in [3.8, 4) is 11.5 Å². The molecule has 0 saturated heterocycles. The van der Waals surface area contributed by atoms with E-state index >= 15 is 0 Å². The van der Waals surface area contributed by atoms with Gasteiger partial charge < -0.3 is 10.2 Å². The van der Waals surface area contributed by atoms with E-state index in [0.29, 0.717) is 0 Å². The quantitative estimate of drug-likeness (QED) is 0.735. The van der Waals surface area contributed by atoms with Crippen LogP contribution in [0.15, 0.2) is 34.3 Å². The number of hydrogen-bond acceptors (Lipinski definition) is 3.